The lowest BCUT2D eigenvalue weighted by molar-refractivity contribution is 0.0364. The molecule has 0 unspecified atom stereocenters. The van der Waals surface area contributed by atoms with Gasteiger partial charge in [0.25, 0.3) is 0 Å². The van der Waals surface area contributed by atoms with Crippen LogP contribution >= 0.6 is 0 Å². The average molecular weight is 437 g/mol. The highest BCUT2D eigenvalue weighted by Crippen LogP contribution is 2.28. The van der Waals surface area contributed by atoms with Gasteiger partial charge in [0.05, 0.1) is 25.7 Å². The van der Waals surface area contributed by atoms with Crippen molar-refractivity contribution in [2.75, 3.05) is 40.0 Å². The molecule has 5 rings (SSSR count). The molecule has 0 radical (unpaired) electrons. The maximum Gasteiger partial charge on any atom is 0.189 e. The monoisotopic (exact) mass is 436 g/mol. The number of hydrogen-bond donors (Lipinski definition) is 0. The topological polar surface area (TPSA) is 78.9 Å². The molecule has 1 aromatic carbocycles. The van der Waals surface area contributed by atoms with Crippen LogP contribution in [0.2, 0.25) is 0 Å². The molecule has 0 atom stereocenters. The number of methoxy groups -OCH3 is 1. The molecule has 1 aliphatic heterocycles. The largest absolute Gasteiger partial charge is 0.493 e. The van der Waals surface area contributed by atoms with Gasteiger partial charge in [-0.05, 0) is 31.5 Å². The van der Waals surface area contributed by atoms with Crippen LogP contribution in [-0.4, -0.2) is 69.0 Å². The first-order chi connectivity index (χ1) is 15.7. The molecular weight excluding hydrogens is 408 g/mol. The second-order valence-corrected chi connectivity index (χ2v) is 7.99. The fourth-order valence-corrected chi connectivity index (χ4v) is 4.26. The summed E-state index contributed by atoms with van der Waals surface area (Å²) in [4.78, 5) is 12.0. The first-order valence-electron chi connectivity index (χ1n) is 10.9. The van der Waals surface area contributed by atoms with E-state index in [4.69, 9.17) is 24.2 Å². The lowest BCUT2D eigenvalue weighted by Crippen LogP contribution is -2.38. The van der Waals surface area contributed by atoms with Gasteiger partial charge in [-0.25, -0.2) is 14.5 Å². The van der Waals surface area contributed by atoms with Crippen molar-refractivity contribution in [3.8, 4) is 11.5 Å². The van der Waals surface area contributed by atoms with Gasteiger partial charge >= 0.3 is 0 Å². The third-order valence-corrected chi connectivity index (χ3v) is 6.16. The van der Waals surface area contributed by atoms with Crippen molar-refractivity contribution < 1.29 is 14.2 Å². The van der Waals surface area contributed by atoms with Crippen LogP contribution < -0.4 is 9.47 Å². The summed E-state index contributed by atoms with van der Waals surface area (Å²) in [6.45, 7) is 9.97. The number of rotatable bonds is 7. The van der Waals surface area contributed by atoms with Gasteiger partial charge in [0.2, 0.25) is 0 Å². The van der Waals surface area contributed by atoms with Gasteiger partial charge in [0, 0.05) is 31.9 Å². The van der Waals surface area contributed by atoms with Gasteiger partial charge in [-0.2, -0.15) is 0 Å². The molecule has 9 heteroatoms. The highest BCUT2D eigenvalue weighted by Gasteiger charge is 2.19. The van der Waals surface area contributed by atoms with E-state index >= 15 is 0 Å². The van der Waals surface area contributed by atoms with Crippen LogP contribution in [0.4, 0.5) is 0 Å². The van der Waals surface area contributed by atoms with Crippen molar-refractivity contribution in [1.82, 2.24) is 29.0 Å². The van der Waals surface area contributed by atoms with Crippen molar-refractivity contribution in [3.05, 3.63) is 47.7 Å². The Labute approximate surface area is 186 Å². The highest BCUT2D eigenvalue weighted by molar-refractivity contribution is 5.93. The molecule has 168 valence electrons. The van der Waals surface area contributed by atoms with Crippen LogP contribution in [0.1, 0.15) is 17.1 Å². The fourth-order valence-electron chi connectivity index (χ4n) is 4.26. The van der Waals surface area contributed by atoms with Crippen LogP contribution in [0.5, 0.6) is 11.5 Å². The van der Waals surface area contributed by atoms with Crippen molar-refractivity contribution in [3.63, 3.8) is 0 Å². The summed E-state index contributed by atoms with van der Waals surface area (Å²) in [7, 11) is 1.63. The summed E-state index contributed by atoms with van der Waals surface area (Å²) in [5.74, 6) is 1.95. The second-order valence-electron chi connectivity index (χ2n) is 7.99. The van der Waals surface area contributed by atoms with Crippen LogP contribution in [0.3, 0.4) is 0 Å². The average Bonchev–Trinajstić information content (AvgIpc) is 3.35. The zero-order valence-corrected chi connectivity index (χ0v) is 18.7. The van der Waals surface area contributed by atoms with Crippen molar-refractivity contribution in [1.29, 1.82) is 0 Å². The first-order valence-corrected chi connectivity index (χ1v) is 10.9. The Hall–Kier alpha value is -3.17. The molecule has 0 spiro atoms. The van der Waals surface area contributed by atoms with E-state index in [1.165, 1.54) is 11.3 Å². The van der Waals surface area contributed by atoms with E-state index in [-0.39, 0.29) is 6.61 Å². The fraction of sp³-hybridized carbons (Fsp3) is 0.435. The van der Waals surface area contributed by atoms with E-state index in [0.717, 1.165) is 56.1 Å². The normalized spacial score (nSPS) is 15.0. The van der Waals surface area contributed by atoms with E-state index in [1.54, 1.807) is 18.0 Å². The van der Waals surface area contributed by atoms with Gasteiger partial charge in [0.1, 0.15) is 18.6 Å². The minimum atomic E-state index is 0.249. The number of ether oxygens (including phenoxy) is 3. The second kappa shape index (κ2) is 8.76. The number of aryl methyl sites for hydroxylation is 1. The van der Waals surface area contributed by atoms with Crippen molar-refractivity contribution >= 4 is 16.7 Å². The molecule has 0 bridgehead atoms. The van der Waals surface area contributed by atoms with Gasteiger partial charge in [0.15, 0.2) is 23.0 Å². The van der Waals surface area contributed by atoms with E-state index in [2.05, 4.69) is 28.4 Å². The van der Waals surface area contributed by atoms with Crippen LogP contribution in [0.15, 0.2) is 30.6 Å². The van der Waals surface area contributed by atoms with E-state index in [1.807, 2.05) is 24.3 Å². The molecule has 32 heavy (non-hydrogen) atoms. The minimum Gasteiger partial charge on any atom is -0.493 e. The lowest BCUT2D eigenvalue weighted by Gasteiger charge is -2.26. The highest BCUT2D eigenvalue weighted by atomic mass is 16.5. The van der Waals surface area contributed by atoms with Gasteiger partial charge in [-0.15, -0.1) is 5.10 Å². The third kappa shape index (κ3) is 3.78. The smallest absolute Gasteiger partial charge is 0.189 e. The Morgan fingerprint density at radius 3 is 2.59 bits per heavy atom. The molecule has 0 N–H and O–H groups in total. The molecule has 3 aromatic heterocycles. The summed E-state index contributed by atoms with van der Waals surface area (Å²) in [6, 6.07) is 7.56. The molecular formula is C23H28N6O3. The van der Waals surface area contributed by atoms with Gasteiger partial charge in [-0.3, -0.25) is 4.90 Å². The SMILES string of the molecule is COc1ccccc1OCc1nc2c3c(C)c(C)n(CCN4CCOCC4)c3ncn2n1. The Morgan fingerprint density at radius 1 is 1.03 bits per heavy atom. The summed E-state index contributed by atoms with van der Waals surface area (Å²) in [6.07, 6.45) is 1.74. The van der Waals surface area contributed by atoms with E-state index in [9.17, 15) is 0 Å². The number of para-hydroxylation sites is 2. The van der Waals surface area contributed by atoms with Crippen molar-refractivity contribution in [2.45, 2.75) is 27.0 Å². The maximum atomic E-state index is 5.92. The number of benzene rings is 1. The minimum absolute atomic E-state index is 0.249. The lowest BCUT2D eigenvalue weighted by atomic mass is 10.2. The number of hydrogen-bond acceptors (Lipinski definition) is 7. The van der Waals surface area contributed by atoms with Gasteiger partial charge < -0.3 is 18.8 Å². The predicted molar refractivity (Wildman–Crippen MR) is 120 cm³/mol. The number of morpholine rings is 1. The standard InChI is InChI=1S/C23H28N6O3/c1-16-17(2)28(9-8-27-10-12-31-13-11-27)22-21(16)23-25-20(26-29(23)15-24-22)14-32-19-7-5-4-6-18(19)30-3/h4-7,15H,8-14H2,1-3H3. The molecule has 1 aliphatic rings. The van der Waals surface area contributed by atoms with Crippen molar-refractivity contribution in [2.24, 2.45) is 0 Å². The molecule has 1 fully saturated rings. The molecule has 9 nitrogen and oxygen atoms in total. The zero-order chi connectivity index (χ0) is 22.1. The quantitative estimate of drug-likeness (QED) is 0.441. The predicted octanol–water partition coefficient (Wildman–Crippen LogP) is 2.62. The Bertz CT molecular complexity index is 1240. The Kier molecular flexibility index (Phi) is 5.67. The summed E-state index contributed by atoms with van der Waals surface area (Å²) in [5.41, 5.74) is 4.15. The zero-order valence-electron chi connectivity index (χ0n) is 18.7. The first kappa shape index (κ1) is 20.7. The van der Waals surface area contributed by atoms with E-state index < -0.39 is 0 Å². The van der Waals surface area contributed by atoms with Crippen LogP contribution in [0, 0.1) is 13.8 Å². The summed E-state index contributed by atoms with van der Waals surface area (Å²) >= 11 is 0. The molecule has 0 aliphatic carbocycles. The molecule has 4 heterocycles. The summed E-state index contributed by atoms with van der Waals surface area (Å²) in [5, 5.41) is 5.62. The molecule has 1 saturated heterocycles. The molecule has 0 saturated carbocycles. The Morgan fingerprint density at radius 2 is 1.81 bits per heavy atom. The molecule has 0 amide bonds. The van der Waals surface area contributed by atoms with Gasteiger partial charge in [-0.1, -0.05) is 12.1 Å². The van der Waals surface area contributed by atoms with Crippen LogP contribution in [-0.2, 0) is 17.9 Å². The maximum absolute atomic E-state index is 5.92. The van der Waals surface area contributed by atoms with E-state index in [0.29, 0.717) is 17.3 Å². The number of nitrogens with zero attached hydrogens (tertiary/aromatic N) is 6. The third-order valence-electron chi connectivity index (χ3n) is 6.16. The van der Waals surface area contributed by atoms with Crippen LogP contribution in [0.25, 0.3) is 16.7 Å². The number of aromatic nitrogens is 5. The number of fused-ring (bicyclic) bond motifs is 3. The summed E-state index contributed by atoms with van der Waals surface area (Å²) < 4.78 is 20.8. The Balaban J connectivity index is 1.42. The molecule has 4 aromatic rings.